The predicted molar refractivity (Wildman–Crippen MR) is 81.5 cm³/mol. The molecule has 3 heterocycles. The summed E-state index contributed by atoms with van der Waals surface area (Å²) in [6.45, 7) is 2.91. The molecule has 22 heavy (non-hydrogen) atoms. The maximum Gasteiger partial charge on any atom is 0.208 e. The van der Waals surface area contributed by atoms with Crippen molar-refractivity contribution in [2.45, 2.75) is 25.6 Å². The normalized spacial score (nSPS) is 19.2. The van der Waals surface area contributed by atoms with E-state index < -0.39 is 10.0 Å². The fourth-order valence-electron chi connectivity index (χ4n) is 2.85. The second-order valence-corrected chi connectivity index (χ2v) is 7.51. The molecule has 2 aromatic heterocycles. The Morgan fingerprint density at radius 3 is 3.05 bits per heavy atom. The van der Waals surface area contributed by atoms with Crippen LogP contribution in [0.3, 0.4) is 0 Å². The van der Waals surface area contributed by atoms with Crippen LogP contribution in [0.25, 0.3) is 0 Å². The Kier molecular flexibility index (Phi) is 4.32. The summed E-state index contributed by atoms with van der Waals surface area (Å²) < 4.78 is 32.1. The molecule has 1 atom stereocenters. The third-order valence-corrected chi connectivity index (χ3v) is 4.51. The molecule has 0 aromatic carbocycles. The number of nitrogens with one attached hydrogen (secondary N) is 1. The Morgan fingerprint density at radius 2 is 2.32 bits per heavy atom. The van der Waals surface area contributed by atoms with Gasteiger partial charge in [0.2, 0.25) is 10.0 Å². The standard InChI is InChI=1S/C14H20N4O3S/c1-22(19,20)16-6-3-14-10-17(8-12-4-7-21-11-12)9-13-2-5-15-18(13)14/h2,4-5,7,11,14,16H,3,6,8-10H2,1H3/t14-/m1/s1. The molecule has 0 bridgehead atoms. The van der Waals surface area contributed by atoms with E-state index >= 15 is 0 Å². The van der Waals surface area contributed by atoms with Gasteiger partial charge in [-0.25, -0.2) is 13.1 Å². The molecular weight excluding hydrogens is 304 g/mol. The highest BCUT2D eigenvalue weighted by atomic mass is 32.2. The van der Waals surface area contributed by atoms with Crippen molar-refractivity contribution in [2.75, 3.05) is 19.3 Å². The number of aromatic nitrogens is 2. The van der Waals surface area contributed by atoms with E-state index in [0.717, 1.165) is 30.9 Å². The predicted octanol–water partition coefficient (Wildman–Crippen LogP) is 0.972. The van der Waals surface area contributed by atoms with Gasteiger partial charge in [0.05, 0.1) is 30.5 Å². The molecule has 8 heteroatoms. The molecule has 0 saturated heterocycles. The topological polar surface area (TPSA) is 80.4 Å². The number of fused-ring (bicyclic) bond motifs is 1. The summed E-state index contributed by atoms with van der Waals surface area (Å²) in [6, 6.07) is 4.14. The van der Waals surface area contributed by atoms with Crippen LogP contribution in [-0.4, -0.2) is 42.4 Å². The summed E-state index contributed by atoms with van der Waals surface area (Å²) in [5, 5.41) is 4.38. The van der Waals surface area contributed by atoms with E-state index in [1.54, 1.807) is 18.7 Å². The summed E-state index contributed by atoms with van der Waals surface area (Å²) in [5.41, 5.74) is 2.29. The van der Waals surface area contributed by atoms with Gasteiger partial charge in [0.15, 0.2) is 0 Å². The highest BCUT2D eigenvalue weighted by molar-refractivity contribution is 7.88. The minimum Gasteiger partial charge on any atom is -0.472 e. The molecule has 0 spiro atoms. The average molecular weight is 324 g/mol. The number of nitrogens with zero attached hydrogens (tertiary/aromatic N) is 3. The van der Waals surface area contributed by atoms with Crippen molar-refractivity contribution >= 4 is 10.0 Å². The first-order valence-corrected chi connectivity index (χ1v) is 9.11. The quantitative estimate of drug-likeness (QED) is 0.856. The van der Waals surface area contributed by atoms with Gasteiger partial charge in [-0.1, -0.05) is 0 Å². The van der Waals surface area contributed by atoms with Gasteiger partial charge in [-0.3, -0.25) is 9.58 Å². The fraction of sp³-hybridized carbons (Fsp3) is 0.500. The maximum atomic E-state index is 11.2. The van der Waals surface area contributed by atoms with Crippen LogP contribution in [0.5, 0.6) is 0 Å². The van der Waals surface area contributed by atoms with E-state index in [2.05, 4.69) is 14.7 Å². The first-order valence-electron chi connectivity index (χ1n) is 7.22. The first-order chi connectivity index (χ1) is 10.5. The molecule has 0 radical (unpaired) electrons. The number of hydrogen-bond acceptors (Lipinski definition) is 5. The molecule has 1 aliphatic heterocycles. The zero-order valence-electron chi connectivity index (χ0n) is 12.5. The molecule has 0 fully saturated rings. The highest BCUT2D eigenvalue weighted by Gasteiger charge is 2.25. The summed E-state index contributed by atoms with van der Waals surface area (Å²) in [4.78, 5) is 2.33. The Morgan fingerprint density at radius 1 is 1.45 bits per heavy atom. The minimum atomic E-state index is -3.15. The molecule has 120 valence electrons. The second kappa shape index (κ2) is 6.23. The molecule has 0 amide bonds. The summed E-state index contributed by atoms with van der Waals surface area (Å²) in [5.74, 6) is 0. The van der Waals surface area contributed by atoms with Crippen LogP contribution in [-0.2, 0) is 23.1 Å². The lowest BCUT2D eigenvalue weighted by atomic mass is 10.1. The van der Waals surface area contributed by atoms with Crippen LogP contribution in [0.15, 0.2) is 35.3 Å². The molecule has 7 nitrogen and oxygen atoms in total. The van der Waals surface area contributed by atoms with Crippen molar-refractivity contribution < 1.29 is 12.8 Å². The van der Waals surface area contributed by atoms with E-state index in [4.69, 9.17) is 4.42 Å². The van der Waals surface area contributed by atoms with Crippen LogP contribution in [0.2, 0.25) is 0 Å². The van der Waals surface area contributed by atoms with Crippen molar-refractivity contribution in [1.29, 1.82) is 0 Å². The van der Waals surface area contributed by atoms with E-state index in [9.17, 15) is 8.42 Å². The third kappa shape index (κ3) is 3.76. The van der Waals surface area contributed by atoms with Crippen molar-refractivity contribution in [3.63, 3.8) is 0 Å². The van der Waals surface area contributed by atoms with Gasteiger partial charge in [-0.05, 0) is 18.6 Å². The van der Waals surface area contributed by atoms with Crippen LogP contribution in [0, 0.1) is 0 Å². The van der Waals surface area contributed by atoms with Crippen LogP contribution >= 0.6 is 0 Å². The molecular formula is C14H20N4O3S. The van der Waals surface area contributed by atoms with Crippen LogP contribution < -0.4 is 4.72 Å². The monoisotopic (exact) mass is 324 g/mol. The lowest BCUT2D eigenvalue weighted by molar-refractivity contribution is 0.162. The zero-order chi connectivity index (χ0) is 15.6. The number of furan rings is 1. The van der Waals surface area contributed by atoms with Crippen molar-refractivity contribution in [3.8, 4) is 0 Å². The first kappa shape index (κ1) is 15.3. The second-order valence-electron chi connectivity index (χ2n) is 5.68. The Hall–Kier alpha value is -1.64. The fourth-order valence-corrected chi connectivity index (χ4v) is 3.34. The minimum absolute atomic E-state index is 0.167. The van der Waals surface area contributed by atoms with Gasteiger partial charge in [0.1, 0.15) is 0 Å². The van der Waals surface area contributed by atoms with Crippen molar-refractivity contribution in [3.05, 3.63) is 42.1 Å². The SMILES string of the molecule is CS(=O)(=O)NCC[C@@H]1CN(Cc2ccoc2)Cc2ccnn21. The Labute approximate surface area is 130 Å². The van der Waals surface area contributed by atoms with Gasteiger partial charge in [0, 0.05) is 37.9 Å². The van der Waals surface area contributed by atoms with E-state index in [-0.39, 0.29) is 6.04 Å². The molecule has 1 aliphatic rings. The van der Waals surface area contributed by atoms with Gasteiger partial charge < -0.3 is 4.42 Å². The number of sulfonamides is 1. The van der Waals surface area contributed by atoms with Gasteiger partial charge in [-0.15, -0.1) is 0 Å². The lowest BCUT2D eigenvalue weighted by Crippen LogP contribution is -2.38. The summed E-state index contributed by atoms with van der Waals surface area (Å²) in [6.07, 6.45) is 7.12. The maximum absolute atomic E-state index is 11.2. The smallest absolute Gasteiger partial charge is 0.208 e. The largest absolute Gasteiger partial charge is 0.472 e. The molecule has 0 aliphatic carbocycles. The van der Waals surface area contributed by atoms with Gasteiger partial charge >= 0.3 is 0 Å². The van der Waals surface area contributed by atoms with E-state index in [1.165, 1.54) is 6.26 Å². The van der Waals surface area contributed by atoms with Crippen LogP contribution in [0.4, 0.5) is 0 Å². The average Bonchev–Trinajstić information content (AvgIpc) is 3.08. The van der Waals surface area contributed by atoms with Crippen LogP contribution in [0.1, 0.15) is 23.7 Å². The summed E-state index contributed by atoms with van der Waals surface area (Å²) >= 11 is 0. The van der Waals surface area contributed by atoms with Crippen molar-refractivity contribution in [2.24, 2.45) is 0 Å². The third-order valence-electron chi connectivity index (χ3n) is 3.78. The molecule has 1 N–H and O–H groups in total. The molecule has 0 saturated carbocycles. The van der Waals surface area contributed by atoms with Gasteiger partial charge in [-0.2, -0.15) is 5.10 Å². The molecule has 3 rings (SSSR count). The van der Waals surface area contributed by atoms with E-state index in [0.29, 0.717) is 13.0 Å². The molecule has 0 unspecified atom stereocenters. The van der Waals surface area contributed by atoms with Crippen molar-refractivity contribution in [1.82, 2.24) is 19.4 Å². The van der Waals surface area contributed by atoms with E-state index in [1.807, 2.05) is 16.8 Å². The summed E-state index contributed by atoms with van der Waals surface area (Å²) in [7, 11) is -3.15. The van der Waals surface area contributed by atoms with Gasteiger partial charge in [0.25, 0.3) is 0 Å². The number of rotatable bonds is 6. The Bertz CT molecular complexity index is 708. The Balaban J connectivity index is 1.66. The zero-order valence-corrected chi connectivity index (χ0v) is 13.3. The number of hydrogen-bond donors (Lipinski definition) is 1. The lowest BCUT2D eigenvalue weighted by Gasteiger charge is -2.33. The highest BCUT2D eigenvalue weighted by Crippen LogP contribution is 2.24. The molecule has 2 aromatic rings.